The summed E-state index contributed by atoms with van der Waals surface area (Å²) >= 11 is 3.42. The molecule has 0 amide bonds. The van der Waals surface area contributed by atoms with Gasteiger partial charge in [0.15, 0.2) is 0 Å². The van der Waals surface area contributed by atoms with Gasteiger partial charge in [-0.05, 0) is 50.1 Å². The van der Waals surface area contributed by atoms with Crippen molar-refractivity contribution in [2.75, 3.05) is 13.2 Å². The summed E-state index contributed by atoms with van der Waals surface area (Å²) in [6.45, 7) is 1.97. The topological polar surface area (TPSA) is 21.3 Å². The summed E-state index contributed by atoms with van der Waals surface area (Å²) in [6, 6.07) is 8.68. The van der Waals surface area contributed by atoms with E-state index in [9.17, 15) is 0 Å². The van der Waals surface area contributed by atoms with E-state index in [2.05, 4.69) is 21.2 Å². The third-order valence-corrected chi connectivity index (χ3v) is 3.74. The summed E-state index contributed by atoms with van der Waals surface area (Å²) in [5, 5.41) is 3.59. The molecule has 1 heterocycles. The number of halogens is 1. The molecule has 1 aromatic carbocycles. The van der Waals surface area contributed by atoms with Crippen molar-refractivity contribution in [1.29, 1.82) is 0 Å². The van der Waals surface area contributed by atoms with Crippen LogP contribution in [-0.4, -0.2) is 19.2 Å². The van der Waals surface area contributed by atoms with Crippen LogP contribution in [0.2, 0.25) is 0 Å². The predicted octanol–water partition coefficient (Wildman–Crippen LogP) is 3.75. The maximum absolute atomic E-state index is 5.74. The first-order chi connectivity index (χ1) is 8.34. The molecule has 1 atom stereocenters. The van der Waals surface area contributed by atoms with Gasteiger partial charge in [0, 0.05) is 10.5 Å². The van der Waals surface area contributed by atoms with Crippen molar-refractivity contribution in [2.24, 2.45) is 0 Å². The van der Waals surface area contributed by atoms with Crippen molar-refractivity contribution in [1.82, 2.24) is 5.32 Å². The van der Waals surface area contributed by atoms with Gasteiger partial charge in [0.2, 0.25) is 0 Å². The van der Waals surface area contributed by atoms with Gasteiger partial charge in [0.25, 0.3) is 0 Å². The molecule has 0 saturated carbocycles. The van der Waals surface area contributed by atoms with Gasteiger partial charge in [-0.25, -0.2) is 0 Å². The molecule has 0 aromatic heterocycles. The molecule has 0 spiro atoms. The lowest BCUT2D eigenvalue weighted by atomic mass is 10.1. The number of hydrogen-bond donors (Lipinski definition) is 1. The Kier molecular flexibility index (Phi) is 5.33. The molecule has 1 saturated heterocycles. The number of hydrogen-bond acceptors (Lipinski definition) is 2. The first-order valence-corrected chi connectivity index (χ1v) is 7.25. The van der Waals surface area contributed by atoms with Crippen molar-refractivity contribution in [3.05, 3.63) is 28.7 Å². The van der Waals surface area contributed by atoms with Crippen LogP contribution in [0.3, 0.4) is 0 Å². The zero-order valence-corrected chi connectivity index (χ0v) is 11.7. The standard InChI is InChI=1S/C14H20BrNO/c15-12-5-7-14(8-6-12)17-11-9-13-4-2-1-3-10-16-13/h5-8,13,16H,1-4,9-11H2. The zero-order chi connectivity index (χ0) is 11.9. The van der Waals surface area contributed by atoms with Crippen LogP contribution >= 0.6 is 15.9 Å². The Hall–Kier alpha value is -0.540. The highest BCUT2D eigenvalue weighted by molar-refractivity contribution is 9.10. The minimum atomic E-state index is 0.646. The van der Waals surface area contributed by atoms with E-state index >= 15 is 0 Å². The van der Waals surface area contributed by atoms with Crippen molar-refractivity contribution in [3.63, 3.8) is 0 Å². The molecule has 1 aromatic rings. The van der Waals surface area contributed by atoms with E-state index in [4.69, 9.17) is 4.74 Å². The molecule has 2 nitrogen and oxygen atoms in total. The monoisotopic (exact) mass is 297 g/mol. The van der Waals surface area contributed by atoms with Crippen LogP contribution in [0, 0.1) is 0 Å². The van der Waals surface area contributed by atoms with Gasteiger partial charge in [-0.3, -0.25) is 0 Å². The second-order valence-electron chi connectivity index (χ2n) is 4.59. The second-order valence-corrected chi connectivity index (χ2v) is 5.51. The van der Waals surface area contributed by atoms with E-state index in [-0.39, 0.29) is 0 Å². The van der Waals surface area contributed by atoms with Crippen molar-refractivity contribution in [3.8, 4) is 5.75 Å². The summed E-state index contributed by atoms with van der Waals surface area (Å²) in [4.78, 5) is 0. The fraction of sp³-hybridized carbons (Fsp3) is 0.571. The number of benzene rings is 1. The predicted molar refractivity (Wildman–Crippen MR) is 74.5 cm³/mol. The highest BCUT2D eigenvalue weighted by Gasteiger charge is 2.10. The van der Waals surface area contributed by atoms with Gasteiger partial charge in [-0.15, -0.1) is 0 Å². The van der Waals surface area contributed by atoms with Crippen molar-refractivity contribution >= 4 is 15.9 Å². The Morgan fingerprint density at radius 1 is 1.18 bits per heavy atom. The summed E-state index contributed by atoms with van der Waals surface area (Å²) in [7, 11) is 0. The van der Waals surface area contributed by atoms with E-state index < -0.39 is 0 Å². The van der Waals surface area contributed by atoms with Gasteiger partial charge < -0.3 is 10.1 Å². The van der Waals surface area contributed by atoms with Crippen LogP contribution in [0.25, 0.3) is 0 Å². The highest BCUT2D eigenvalue weighted by atomic mass is 79.9. The van der Waals surface area contributed by atoms with Crippen LogP contribution in [0.5, 0.6) is 5.75 Å². The molecule has 2 rings (SSSR count). The van der Waals surface area contributed by atoms with Gasteiger partial charge in [0.05, 0.1) is 6.61 Å². The molecule has 0 bridgehead atoms. The van der Waals surface area contributed by atoms with E-state index in [0.717, 1.165) is 23.2 Å². The van der Waals surface area contributed by atoms with Gasteiger partial charge >= 0.3 is 0 Å². The Bertz CT molecular complexity index is 317. The van der Waals surface area contributed by atoms with Crippen LogP contribution in [-0.2, 0) is 0 Å². The average Bonchev–Trinajstić information content (AvgIpc) is 2.60. The van der Waals surface area contributed by atoms with Crippen LogP contribution in [0.4, 0.5) is 0 Å². The van der Waals surface area contributed by atoms with E-state index in [1.807, 2.05) is 24.3 Å². The number of rotatable bonds is 4. The van der Waals surface area contributed by atoms with Crippen LogP contribution in [0.15, 0.2) is 28.7 Å². The van der Waals surface area contributed by atoms with E-state index in [1.165, 1.54) is 32.2 Å². The molecule has 1 aliphatic rings. The Balaban J connectivity index is 1.69. The quantitative estimate of drug-likeness (QED) is 0.914. The smallest absolute Gasteiger partial charge is 0.119 e. The third kappa shape index (κ3) is 4.68. The largest absolute Gasteiger partial charge is 0.494 e. The fourth-order valence-electron chi connectivity index (χ4n) is 2.20. The summed E-state index contributed by atoms with van der Waals surface area (Å²) in [5.74, 6) is 0.960. The minimum Gasteiger partial charge on any atom is -0.494 e. The maximum atomic E-state index is 5.74. The SMILES string of the molecule is Brc1ccc(OCCC2CCCCCN2)cc1. The normalized spacial score (nSPS) is 20.9. The van der Waals surface area contributed by atoms with Crippen molar-refractivity contribution in [2.45, 2.75) is 38.1 Å². The minimum absolute atomic E-state index is 0.646. The van der Waals surface area contributed by atoms with Gasteiger partial charge in [0.1, 0.15) is 5.75 Å². The maximum Gasteiger partial charge on any atom is 0.119 e. The molecule has 1 unspecified atom stereocenters. The van der Waals surface area contributed by atoms with Crippen molar-refractivity contribution < 1.29 is 4.74 Å². The molecule has 17 heavy (non-hydrogen) atoms. The zero-order valence-electron chi connectivity index (χ0n) is 10.1. The Morgan fingerprint density at radius 2 is 2.00 bits per heavy atom. The lowest BCUT2D eigenvalue weighted by Crippen LogP contribution is -2.29. The van der Waals surface area contributed by atoms with Gasteiger partial charge in [-0.1, -0.05) is 28.8 Å². The third-order valence-electron chi connectivity index (χ3n) is 3.21. The number of ether oxygens (including phenoxy) is 1. The molecule has 0 radical (unpaired) electrons. The average molecular weight is 298 g/mol. The second kappa shape index (κ2) is 7.02. The fourth-order valence-corrected chi connectivity index (χ4v) is 2.46. The molecular formula is C14H20BrNO. The molecule has 1 fully saturated rings. The van der Waals surface area contributed by atoms with Gasteiger partial charge in [-0.2, -0.15) is 0 Å². The summed E-state index contributed by atoms with van der Waals surface area (Å²) in [5.41, 5.74) is 0. The lowest BCUT2D eigenvalue weighted by Gasteiger charge is -2.15. The molecule has 94 valence electrons. The molecule has 3 heteroatoms. The summed E-state index contributed by atoms with van der Waals surface area (Å²) < 4.78 is 6.84. The Labute approximate surface area is 112 Å². The molecular weight excluding hydrogens is 278 g/mol. The van der Waals surface area contributed by atoms with E-state index in [0.29, 0.717) is 6.04 Å². The van der Waals surface area contributed by atoms with Crippen LogP contribution < -0.4 is 10.1 Å². The van der Waals surface area contributed by atoms with Crippen LogP contribution in [0.1, 0.15) is 32.1 Å². The lowest BCUT2D eigenvalue weighted by molar-refractivity contribution is 0.283. The Morgan fingerprint density at radius 3 is 2.82 bits per heavy atom. The summed E-state index contributed by atoms with van der Waals surface area (Å²) in [6.07, 6.45) is 6.46. The first kappa shape index (κ1) is 12.9. The van der Waals surface area contributed by atoms with E-state index in [1.54, 1.807) is 0 Å². The molecule has 0 aliphatic carbocycles. The highest BCUT2D eigenvalue weighted by Crippen LogP contribution is 2.17. The molecule has 1 aliphatic heterocycles. The number of nitrogens with one attached hydrogen (secondary N) is 1. The molecule has 1 N–H and O–H groups in total. The first-order valence-electron chi connectivity index (χ1n) is 6.46.